The van der Waals surface area contributed by atoms with Crippen LogP contribution in [0.5, 0.6) is 0 Å². The van der Waals surface area contributed by atoms with E-state index in [1.807, 2.05) is 12.3 Å². The number of pyridine rings is 1. The molecule has 1 aliphatic rings. The number of rotatable bonds is 3. The number of carboxylic acids is 2. The summed E-state index contributed by atoms with van der Waals surface area (Å²) in [4.78, 5) is 27.6. The first kappa shape index (κ1) is 20.4. The molecule has 1 aliphatic heterocycles. The molecular formula is C20H25N3O4. The van der Waals surface area contributed by atoms with Crippen LogP contribution in [0.1, 0.15) is 16.8 Å². The standard InChI is InChI=1S/C18H23N3.C2H2O4/c1-15-6-5-8-18(16(15)2)21-12-10-20(11-13-21)14-17-7-3-4-9-19-17;3-1(4)2(5)6/h3-9H,10-14H2,1-2H3;(H,3,4)(H,5,6). The summed E-state index contributed by atoms with van der Waals surface area (Å²) in [5, 5.41) is 14.8. The molecule has 0 spiro atoms. The smallest absolute Gasteiger partial charge is 0.414 e. The number of aromatic nitrogens is 1. The van der Waals surface area contributed by atoms with Crippen molar-refractivity contribution in [1.29, 1.82) is 0 Å². The Morgan fingerprint density at radius 2 is 1.63 bits per heavy atom. The van der Waals surface area contributed by atoms with Gasteiger partial charge >= 0.3 is 11.9 Å². The van der Waals surface area contributed by atoms with E-state index in [2.05, 4.69) is 59.0 Å². The Labute approximate surface area is 158 Å². The monoisotopic (exact) mass is 371 g/mol. The summed E-state index contributed by atoms with van der Waals surface area (Å²) in [5.41, 5.74) is 5.35. The van der Waals surface area contributed by atoms with Crippen LogP contribution in [0.25, 0.3) is 0 Å². The molecule has 3 rings (SSSR count). The van der Waals surface area contributed by atoms with Gasteiger partial charge in [0, 0.05) is 44.6 Å². The van der Waals surface area contributed by atoms with E-state index >= 15 is 0 Å². The molecule has 0 bridgehead atoms. The Morgan fingerprint density at radius 3 is 2.19 bits per heavy atom. The Bertz CT molecular complexity index is 760. The first-order chi connectivity index (χ1) is 12.9. The summed E-state index contributed by atoms with van der Waals surface area (Å²) in [6.07, 6.45) is 1.88. The van der Waals surface area contributed by atoms with Gasteiger partial charge in [-0.15, -0.1) is 0 Å². The highest BCUT2D eigenvalue weighted by Crippen LogP contribution is 2.24. The van der Waals surface area contributed by atoms with Crippen LogP contribution in [0.2, 0.25) is 0 Å². The molecular weight excluding hydrogens is 346 g/mol. The third-order valence-corrected chi connectivity index (χ3v) is 4.58. The number of aryl methyl sites for hydroxylation is 1. The summed E-state index contributed by atoms with van der Waals surface area (Å²) in [7, 11) is 0. The molecule has 1 aromatic heterocycles. The second-order valence-corrected chi connectivity index (χ2v) is 6.41. The molecule has 1 saturated heterocycles. The van der Waals surface area contributed by atoms with E-state index in [4.69, 9.17) is 19.8 Å². The number of carboxylic acid groups (broad SMARTS) is 2. The van der Waals surface area contributed by atoms with Gasteiger partial charge < -0.3 is 15.1 Å². The molecule has 0 saturated carbocycles. The highest BCUT2D eigenvalue weighted by atomic mass is 16.4. The van der Waals surface area contributed by atoms with Gasteiger partial charge in [0.25, 0.3) is 0 Å². The van der Waals surface area contributed by atoms with E-state index in [0.717, 1.165) is 38.4 Å². The highest BCUT2D eigenvalue weighted by Gasteiger charge is 2.19. The molecule has 1 fully saturated rings. The van der Waals surface area contributed by atoms with Crippen LogP contribution in [0, 0.1) is 13.8 Å². The normalized spacial score (nSPS) is 14.2. The van der Waals surface area contributed by atoms with Gasteiger partial charge in [0.05, 0.1) is 5.69 Å². The van der Waals surface area contributed by atoms with Gasteiger partial charge in [-0.1, -0.05) is 18.2 Å². The summed E-state index contributed by atoms with van der Waals surface area (Å²) in [6.45, 7) is 9.77. The Kier molecular flexibility index (Phi) is 7.31. The number of hydrogen-bond donors (Lipinski definition) is 2. The molecule has 0 aliphatic carbocycles. The molecule has 27 heavy (non-hydrogen) atoms. The number of benzene rings is 1. The molecule has 144 valence electrons. The van der Waals surface area contributed by atoms with Gasteiger partial charge in [-0.3, -0.25) is 9.88 Å². The van der Waals surface area contributed by atoms with Gasteiger partial charge in [0.1, 0.15) is 0 Å². The lowest BCUT2D eigenvalue weighted by Crippen LogP contribution is -2.46. The molecule has 0 atom stereocenters. The van der Waals surface area contributed by atoms with Crippen molar-refractivity contribution in [3.8, 4) is 0 Å². The predicted octanol–water partition coefficient (Wildman–Crippen LogP) is 2.18. The van der Waals surface area contributed by atoms with Crippen molar-refractivity contribution in [3.63, 3.8) is 0 Å². The fourth-order valence-corrected chi connectivity index (χ4v) is 2.95. The van der Waals surface area contributed by atoms with Gasteiger partial charge in [-0.2, -0.15) is 0 Å². The van der Waals surface area contributed by atoms with Crippen LogP contribution < -0.4 is 4.90 Å². The fraction of sp³-hybridized carbons (Fsp3) is 0.350. The predicted molar refractivity (Wildman–Crippen MR) is 103 cm³/mol. The van der Waals surface area contributed by atoms with E-state index in [1.54, 1.807) is 0 Å². The minimum Gasteiger partial charge on any atom is -0.473 e. The number of carbonyl (C=O) groups is 2. The maximum Gasteiger partial charge on any atom is 0.414 e. The average Bonchev–Trinajstić information content (AvgIpc) is 2.66. The minimum absolute atomic E-state index is 0.960. The lowest BCUT2D eigenvalue weighted by molar-refractivity contribution is -0.159. The Balaban J connectivity index is 0.000000380. The maximum atomic E-state index is 9.10. The van der Waals surface area contributed by atoms with Crippen molar-refractivity contribution < 1.29 is 19.8 Å². The van der Waals surface area contributed by atoms with Crippen LogP contribution in [-0.4, -0.2) is 58.2 Å². The molecule has 2 heterocycles. The lowest BCUT2D eigenvalue weighted by atomic mass is 10.1. The van der Waals surface area contributed by atoms with E-state index in [0.29, 0.717) is 0 Å². The average molecular weight is 371 g/mol. The zero-order chi connectivity index (χ0) is 19.8. The van der Waals surface area contributed by atoms with Crippen molar-refractivity contribution >= 4 is 17.6 Å². The van der Waals surface area contributed by atoms with Crippen molar-refractivity contribution in [2.45, 2.75) is 20.4 Å². The SMILES string of the molecule is Cc1cccc(N2CCN(Cc3ccccn3)CC2)c1C.O=C(O)C(=O)O. The van der Waals surface area contributed by atoms with Crippen molar-refractivity contribution in [1.82, 2.24) is 9.88 Å². The molecule has 0 radical (unpaired) electrons. The van der Waals surface area contributed by atoms with Crippen molar-refractivity contribution in [2.24, 2.45) is 0 Å². The molecule has 1 aromatic carbocycles. The second-order valence-electron chi connectivity index (χ2n) is 6.41. The number of anilines is 1. The van der Waals surface area contributed by atoms with Crippen molar-refractivity contribution in [2.75, 3.05) is 31.1 Å². The zero-order valence-electron chi connectivity index (χ0n) is 15.6. The van der Waals surface area contributed by atoms with Gasteiger partial charge in [0.15, 0.2) is 0 Å². The highest BCUT2D eigenvalue weighted by molar-refractivity contribution is 6.27. The van der Waals surface area contributed by atoms with E-state index in [1.165, 1.54) is 16.8 Å². The van der Waals surface area contributed by atoms with Crippen LogP contribution in [0.3, 0.4) is 0 Å². The first-order valence-corrected chi connectivity index (χ1v) is 8.78. The summed E-state index contributed by atoms with van der Waals surface area (Å²) in [6, 6.07) is 12.7. The molecule has 2 aromatic rings. The molecule has 7 heteroatoms. The number of nitrogens with zero attached hydrogens (tertiary/aromatic N) is 3. The Morgan fingerprint density at radius 1 is 0.963 bits per heavy atom. The molecule has 2 N–H and O–H groups in total. The largest absolute Gasteiger partial charge is 0.473 e. The third-order valence-electron chi connectivity index (χ3n) is 4.58. The number of aliphatic carboxylic acids is 2. The second kappa shape index (κ2) is 9.68. The summed E-state index contributed by atoms with van der Waals surface area (Å²) < 4.78 is 0. The Hall–Kier alpha value is -2.93. The van der Waals surface area contributed by atoms with Crippen molar-refractivity contribution in [3.05, 3.63) is 59.4 Å². The van der Waals surface area contributed by atoms with Crippen LogP contribution in [-0.2, 0) is 16.1 Å². The minimum atomic E-state index is -1.82. The van der Waals surface area contributed by atoms with E-state index in [-0.39, 0.29) is 0 Å². The third kappa shape index (κ3) is 6.07. The summed E-state index contributed by atoms with van der Waals surface area (Å²) >= 11 is 0. The van der Waals surface area contributed by atoms with Crippen LogP contribution >= 0.6 is 0 Å². The molecule has 0 unspecified atom stereocenters. The molecule has 0 amide bonds. The first-order valence-electron chi connectivity index (χ1n) is 8.78. The zero-order valence-corrected chi connectivity index (χ0v) is 15.6. The van der Waals surface area contributed by atoms with Crippen LogP contribution in [0.4, 0.5) is 5.69 Å². The number of hydrogen-bond acceptors (Lipinski definition) is 5. The van der Waals surface area contributed by atoms with E-state index < -0.39 is 11.9 Å². The topological polar surface area (TPSA) is 94.0 Å². The van der Waals surface area contributed by atoms with Gasteiger partial charge in [-0.25, -0.2) is 9.59 Å². The van der Waals surface area contributed by atoms with Gasteiger partial charge in [0.2, 0.25) is 0 Å². The quantitative estimate of drug-likeness (QED) is 0.799. The maximum absolute atomic E-state index is 9.10. The lowest BCUT2D eigenvalue weighted by Gasteiger charge is -2.36. The molecule has 7 nitrogen and oxygen atoms in total. The van der Waals surface area contributed by atoms with Gasteiger partial charge in [-0.05, 0) is 43.2 Å². The van der Waals surface area contributed by atoms with Crippen LogP contribution in [0.15, 0.2) is 42.6 Å². The van der Waals surface area contributed by atoms with E-state index in [9.17, 15) is 0 Å². The fourth-order valence-electron chi connectivity index (χ4n) is 2.95. The summed E-state index contributed by atoms with van der Waals surface area (Å²) in [5.74, 6) is -3.65. The number of piperazine rings is 1.